The van der Waals surface area contributed by atoms with E-state index < -0.39 is 29.2 Å². The summed E-state index contributed by atoms with van der Waals surface area (Å²) < 4.78 is 15.0. The Bertz CT molecular complexity index is 1290. The van der Waals surface area contributed by atoms with Gasteiger partial charge >= 0.3 is 0 Å². The zero-order chi connectivity index (χ0) is 28.1. The van der Waals surface area contributed by atoms with Crippen molar-refractivity contribution in [2.75, 3.05) is 31.5 Å². The second-order valence-corrected chi connectivity index (χ2v) is 13.0. The lowest BCUT2D eigenvalue weighted by atomic mass is 9.62. The Morgan fingerprint density at radius 2 is 2.03 bits per heavy atom. The second-order valence-electron chi connectivity index (χ2n) is 12.2. The Morgan fingerprint density at radius 3 is 2.69 bits per heavy atom. The first-order chi connectivity index (χ1) is 18.4. The van der Waals surface area contributed by atoms with Crippen LogP contribution in [-0.4, -0.2) is 66.2 Å². The number of fused-ring (bicyclic) bond motifs is 2. The number of nitrogens with one attached hydrogen (secondary N) is 3. The van der Waals surface area contributed by atoms with Crippen molar-refractivity contribution < 1.29 is 19.1 Å². The number of hydrogen-bond acceptors (Lipinski definition) is 5. The van der Waals surface area contributed by atoms with Crippen LogP contribution in [0.15, 0.2) is 36.4 Å². The number of nitrogens with zero attached hydrogens (tertiary/aromatic N) is 1. The van der Waals surface area contributed by atoms with Crippen LogP contribution in [0.4, 0.5) is 10.1 Å². The van der Waals surface area contributed by atoms with Gasteiger partial charge in [0.1, 0.15) is 11.2 Å². The highest BCUT2D eigenvalue weighted by Gasteiger charge is 2.65. The van der Waals surface area contributed by atoms with Crippen molar-refractivity contribution >= 4 is 40.7 Å². The second kappa shape index (κ2) is 10.6. The molecule has 0 bridgehead atoms. The van der Waals surface area contributed by atoms with Crippen molar-refractivity contribution in [2.24, 2.45) is 5.41 Å². The molecule has 0 saturated carbocycles. The Kier molecular flexibility index (Phi) is 7.72. The molecule has 3 aliphatic heterocycles. The average Bonchev–Trinajstić information content (AvgIpc) is 3.49. The molecule has 2 aromatic carbocycles. The number of anilines is 1. The summed E-state index contributed by atoms with van der Waals surface area (Å²) in [5.74, 6) is -1.83. The predicted octanol–water partition coefficient (Wildman–Crippen LogP) is 4.07. The van der Waals surface area contributed by atoms with Gasteiger partial charge in [-0.3, -0.25) is 14.5 Å². The van der Waals surface area contributed by atoms with Crippen LogP contribution in [0.5, 0.6) is 0 Å². The van der Waals surface area contributed by atoms with Gasteiger partial charge in [0.15, 0.2) is 0 Å². The highest BCUT2D eigenvalue weighted by molar-refractivity contribution is 6.31. The van der Waals surface area contributed by atoms with E-state index in [-0.39, 0.29) is 28.4 Å². The summed E-state index contributed by atoms with van der Waals surface area (Å²) in [6.45, 7) is 8.60. The van der Waals surface area contributed by atoms with E-state index in [4.69, 9.17) is 23.2 Å². The number of aliphatic hydroxyl groups excluding tert-OH is 1. The third-order valence-corrected chi connectivity index (χ3v) is 8.69. The molecule has 3 heterocycles. The Morgan fingerprint density at radius 1 is 1.26 bits per heavy atom. The van der Waals surface area contributed by atoms with Crippen LogP contribution >= 0.6 is 23.2 Å². The summed E-state index contributed by atoms with van der Waals surface area (Å²) in [6, 6.07) is 8.70. The number of aliphatic hydroxyl groups is 1. The zero-order valence-electron chi connectivity index (χ0n) is 22.4. The largest absolute Gasteiger partial charge is 0.392 e. The molecule has 7 nitrogen and oxygen atoms in total. The maximum atomic E-state index is 15.0. The molecular weight excluding hydrogens is 542 g/mol. The number of halogens is 3. The molecule has 0 radical (unpaired) electrons. The van der Waals surface area contributed by atoms with Crippen molar-refractivity contribution in [3.8, 4) is 0 Å². The minimum Gasteiger partial charge on any atom is -0.392 e. The third-order valence-electron chi connectivity index (χ3n) is 8.17. The van der Waals surface area contributed by atoms with Crippen LogP contribution in [0.2, 0.25) is 10.0 Å². The summed E-state index contributed by atoms with van der Waals surface area (Å²) in [7, 11) is 0. The van der Waals surface area contributed by atoms with Crippen LogP contribution in [0, 0.1) is 11.2 Å². The van der Waals surface area contributed by atoms with E-state index >= 15 is 0 Å². The van der Waals surface area contributed by atoms with E-state index in [9.17, 15) is 19.1 Å². The van der Waals surface area contributed by atoms with Crippen LogP contribution in [-0.2, 0) is 15.0 Å². The molecule has 0 aliphatic carbocycles. The molecule has 39 heavy (non-hydrogen) atoms. The molecule has 210 valence electrons. The van der Waals surface area contributed by atoms with Gasteiger partial charge in [0.05, 0.1) is 17.2 Å². The summed E-state index contributed by atoms with van der Waals surface area (Å²) in [5, 5.41) is 19.7. The number of hydrogen-bond donors (Lipinski definition) is 4. The van der Waals surface area contributed by atoms with E-state index in [2.05, 4.69) is 41.6 Å². The quantitative estimate of drug-likeness (QED) is 0.416. The standard InChI is InChI=1S/C29H35Cl2FN4O3/c1-28(2,3)14-23-29(19-12-21(32)20(31)13-22(19)34-27(29)39)24(16-5-4-6-17(30)11-16)25(35-23)26(38)33-8-10-36-9-7-18(37)15-36/h4-6,11-13,18,23-25,35,37H,7-10,14-15H2,1-3H3,(H,33,38)(H,34,39). The van der Waals surface area contributed by atoms with Gasteiger partial charge in [-0.1, -0.05) is 56.1 Å². The first kappa shape index (κ1) is 28.3. The van der Waals surface area contributed by atoms with Gasteiger partial charge < -0.3 is 21.1 Å². The lowest BCUT2D eigenvalue weighted by Gasteiger charge is -2.37. The molecule has 2 fully saturated rings. The van der Waals surface area contributed by atoms with E-state index in [1.165, 1.54) is 12.1 Å². The molecular formula is C29H35Cl2FN4O3. The normalized spacial score (nSPS) is 28.6. The summed E-state index contributed by atoms with van der Waals surface area (Å²) >= 11 is 12.5. The number of rotatable bonds is 6. The fraction of sp³-hybridized carbons (Fsp3) is 0.517. The number of benzene rings is 2. The summed E-state index contributed by atoms with van der Waals surface area (Å²) in [6.07, 6.45) is 0.940. The molecule has 3 aliphatic rings. The number of carbonyl (C=O) groups is 2. The molecule has 5 unspecified atom stereocenters. The van der Waals surface area contributed by atoms with Crippen molar-refractivity contribution in [1.29, 1.82) is 0 Å². The van der Waals surface area contributed by atoms with Gasteiger partial charge in [-0.25, -0.2) is 4.39 Å². The van der Waals surface area contributed by atoms with E-state index in [1.807, 2.05) is 6.07 Å². The fourth-order valence-electron chi connectivity index (χ4n) is 6.60. The predicted molar refractivity (Wildman–Crippen MR) is 151 cm³/mol. The minimum atomic E-state index is -1.28. The third kappa shape index (κ3) is 5.30. The molecule has 1 spiro atoms. The Labute approximate surface area is 238 Å². The molecule has 0 aromatic heterocycles. The molecule has 2 aromatic rings. The molecule has 2 saturated heterocycles. The smallest absolute Gasteiger partial charge is 0.237 e. The molecule has 2 amide bonds. The lowest BCUT2D eigenvalue weighted by molar-refractivity contribution is -0.123. The van der Waals surface area contributed by atoms with Gasteiger partial charge in [0.2, 0.25) is 11.8 Å². The average molecular weight is 578 g/mol. The van der Waals surface area contributed by atoms with Crippen LogP contribution < -0.4 is 16.0 Å². The zero-order valence-corrected chi connectivity index (χ0v) is 23.9. The van der Waals surface area contributed by atoms with Crippen LogP contribution in [0.25, 0.3) is 0 Å². The van der Waals surface area contributed by atoms with E-state index in [0.29, 0.717) is 47.9 Å². The van der Waals surface area contributed by atoms with E-state index in [0.717, 1.165) is 13.0 Å². The van der Waals surface area contributed by atoms with E-state index in [1.54, 1.807) is 18.2 Å². The number of amides is 2. The summed E-state index contributed by atoms with van der Waals surface area (Å²) in [4.78, 5) is 30.1. The fourth-order valence-corrected chi connectivity index (χ4v) is 6.96. The lowest BCUT2D eigenvalue weighted by Crippen LogP contribution is -2.49. The van der Waals surface area contributed by atoms with Gasteiger partial charge in [-0.2, -0.15) is 0 Å². The highest BCUT2D eigenvalue weighted by Crippen LogP contribution is 2.57. The van der Waals surface area contributed by atoms with Crippen molar-refractivity contribution in [1.82, 2.24) is 15.5 Å². The first-order valence-electron chi connectivity index (χ1n) is 13.4. The monoisotopic (exact) mass is 576 g/mol. The summed E-state index contributed by atoms with van der Waals surface area (Å²) in [5.41, 5.74) is 0.169. The van der Waals surface area contributed by atoms with Crippen molar-refractivity contribution in [3.05, 3.63) is 63.4 Å². The van der Waals surface area contributed by atoms with Crippen LogP contribution in [0.3, 0.4) is 0 Å². The van der Waals surface area contributed by atoms with Gasteiger partial charge in [-0.05, 0) is 53.6 Å². The van der Waals surface area contributed by atoms with Crippen molar-refractivity contribution in [2.45, 2.75) is 63.1 Å². The number of carbonyl (C=O) groups excluding carboxylic acids is 2. The molecule has 4 N–H and O–H groups in total. The van der Waals surface area contributed by atoms with Gasteiger partial charge in [-0.15, -0.1) is 0 Å². The first-order valence-corrected chi connectivity index (χ1v) is 14.2. The van der Waals surface area contributed by atoms with Crippen molar-refractivity contribution in [3.63, 3.8) is 0 Å². The minimum absolute atomic E-state index is 0.0787. The SMILES string of the molecule is CC(C)(C)CC1NC(C(=O)NCCN2CCC(O)C2)C(c2cccc(Cl)c2)C12C(=O)Nc1cc(Cl)c(F)cc12. The number of β-amino-alcohol motifs (C(OH)–C–C–N with tert-alkyl or cyclic N) is 1. The van der Waals surface area contributed by atoms with Gasteiger partial charge in [0, 0.05) is 48.8 Å². The molecule has 10 heteroatoms. The molecule has 5 rings (SSSR count). The Balaban J connectivity index is 1.58. The number of likely N-dealkylation sites (tertiary alicyclic amines) is 1. The van der Waals surface area contributed by atoms with Crippen LogP contribution in [0.1, 0.15) is 50.7 Å². The maximum absolute atomic E-state index is 15.0. The Hall–Kier alpha value is -2.23. The topological polar surface area (TPSA) is 93.7 Å². The maximum Gasteiger partial charge on any atom is 0.237 e. The highest BCUT2D eigenvalue weighted by atomic mass is 35.5. The van der Waals surface area contributed by atoms with Gasteiger partial charge in [0.25, 0.3) is 0 Å². The molecule has 5 atom stereocenters.